The van der Waals surface area contributed by atoms with E-state index < -0.39 is 0 Å². The third-order valence-corrected chi connectivity index (χ3v) is 5.12. The summed E-state index contributed by atoms with van der Waals surface area (Å²) in [5.41, 5.74) is 0.964. The summed E-state index contributed by atoms with van der Waals surface area (Å²) in [6.07, 6.45) is 6.63. The fourth-order valence-electron chi connectivity index (χ4n) is 3.79. The molecule has 24 heavy (non-hydrogen) atoms. The molecule has 1 aliphatic heterocycles. The molecule has 1 aliphatic rings. The predicted molar refractivity (Wildman–Crippen MR) is 95.9 cm³/mol. The molecule has 120 valence electrons. The lowest BCUT2D eigenvalue weighted by Gasteiger charge is -2.33. The van der Waals surface area contributed by atoms with E-state index >= 15 is 0 Å². The van der Waals surface area contributed by atoms with E-state index in [9.17, 15) is 0 Å². The molecule has 4 heteroatoms. The van der Waals surface area contributed by atoms with Crippen LogP contribution in [-0.4, -0.2) is 22.9 Å². The second kappa shape index (κ2) is 5.41. The molecule has 4 aromatic rings. The number of hydrogen-bond donors (Lipinski definition) is 0. The molecule has 0 amide bonds. The molecule has 3 heterocycles. The van der Waals surface area contributed by atoms with Gasteiger partial charge in [0, 0.05) is 47.6 Å². The zero-order valence-electron chi connectivity index (χ0n) is 13.4. The van der Waals surface area contributed by atoms with Crippen molar-refractivity contribution in [1.29, 1.82) is 0 Å². The first kappa shape index (κ1) is 13.7. The molecule has 4 nitrogen and oxygen atoms in total. The monoisotopic (exact) mass is 317 g/mol. The highest BCUT2D eigenvalue weighted by Crippen LogP contribution is 2.33. The summed E-state index contributed by atoms with van der Waals surface area (Å²) < 4.78 is 7.92. The topological polar surface area (TPSA) is 34.2 Å². The van der Waals surface area contributed by atoms with Crippen LogP contribution in [0.1, 0.15) is 24.5 Å². The summed E-state index contributed by atoms with van der Waals surface area (Å²) >= 11 is 0. The van der Waals surface area contributed by atoms with Crippen molar-refractivity contribution in [1.82, 2.24) is 9.83 Å². The van der Waals surface area contributed by atoms with E-state index in [4.69, 9.17) is 4.52 Å². The molecular weight excluding hydrogens is 298 g/mol. The third-order valence-electron chi connectivity index (χ3n) is 5.12. The van der Waals surface area contributed by atoms with Gasteiger partial charge in [0.1, 0.15) is 11.3 Å². The van der Waals surface area contributed by atoms with Crippen molar-refractivity contribution in [2.24, 2.45) is 0 Å². The van der Waals surface area contributed by atoms with Crippen LogP contribution < -0.4 is 5.01 Å². The van der Waals surface area contributed by atoms with E-state index in [0.29, 0.717) is 5.92 Å². The van der Waals surface area contributed by atoms with Crippen LogP contribution >= 0.6 is 0 Å². The molecule has 0 bridgehead atoms. The first-order chi connectivity index (χ1) is 11.9. The van der Waals surface area contributed by atoms with E-state index in [1.54, 1.807) is 0 Å². The van der Waals surface area contributed by atoms with Crippen molar-refractivity contribution in [2.75, 3.05) is 18.1 Å². The van der Waals surface area contributed by atoms with Crippen molar-refractivity contribution in [3.05, 3.63) is 66.7 Å². The summed E-state index contributed by atoms with van der Waals surface area (Å²) in [5, 5.41) is 10.4. The van der Waals surface area contributed by atoms with Crippen LogP contribution in [0, 0.1) is 0 Å². The summed E-state index contributed by atoms with van der Waals surface area (Å²) in [4.78, 5) is 0. The third kappa shape index (κ3) is 2.18. The maximum absolute atomic E-state index is 5.67. The minimum atomic E-state index is 0.457. The molecule has 0 spiro atoms. The average Bonchev–Trinajstić information content (AvgIpc) is 3.26. The minimum absolute atomic E-state index is 0.457. The van der Waals surface area contributed by atoms with Gasteiger partial charge in [0.2, 0.25) is 0 Å². The molecule has 0 N–H and O–H groups in total. The van der Waals surface area contributed by atoms with Gasteiger partial charge in [-0.05, 0) is 25.0 Å². The van der Waals surface area contributed by atoms with E-state index in [2.05, 4.69) is 63.6 Å². The van der Waals surface area contributed by atoms with E-state index in [0.717, 1.165) is 37.2 Å². The molecule has 1 fully saturated rings. The second-order valence-corrected chi connectivity index (χ2v) is 6.56. The van der Waals surface area contributed by atoms with Crippen LogP contribution in [-0.2, 0) is 0 Å². The van der Waals surface area contributed by atoms with Gasteiger partial charge in [0.25, 0.3) is 0 Å². The lowest BCUT2D eigenvalue weighted by Crippen LogP contribution is -2.40. The van der Waals surface area contributed by atoms with Crippen LogP contribution in [0.5, 0.6) is 0 Å². The standard InChI is InChI=1S/C20H19N3O/c1-2-6-17-14-23(13-16(17)5-1)22-11-9-15(10-12-22)20-18-7-3-4-8-19(18)21-24-20/h1-8,13-15H,9-12H2. The molecule has 5 rings (SSSR count). The first-order valence-corrected chi connectivity index (χ1v) is 8.55. The van der Waals surface area contributed by atoms with Gasteiger partial charge in [0.15, 0.2) is 0 Å². The van der Waals surface area contributed by atoms with Crippen LogP contribution in [0.3, 0.4) is 0 Å². The van der Waals surface area contributed by atoms with Gasteiger partial charge in [-0.1, -0.05) is 41.6 Å². The zero-order valence-corrected chi connectivity index (χ0v) is 13.4. The van der Waals surface area contributed by atoms with Crippen LogP contribution in [0.4, 0.5) is 0 Å². The number of piperidine rings is 1. The van der Waals surface area contributed by atoms with Gasteiger partial charge in [-0.3, -0.25) is 4.68 Å². The maximum atomic E-state index is 5.67. The van der Waals surface area contributed by atoms with Crippen molar-refractivity contribution in [2.45, 2.75) is 18.8 Å². The fraction of sp³-hybridized carbons (Fsp3) is 0.250. The summed E-state index contributed by atoms with van der Waals surface area (Å²) in [7, 11) is 0. The van der Waals surface area contributed by atoms with Gasteiger partial charge < -0.3 is 9.53 Å². The molecule has 1 saturated heterocycles. The Morgan fingerprint density at radius 2 is 1.54 bits per heavy atom. The Morgan fingerprint density at radius 3 is 2.29 bits per heavy atom. The van der Waals surface area contributed by atoms with Crippen LogP contribution in [0.15, 0.2) is 65.4 Å². The summed E-state index contributed by atoms with van der Waals surface area (Å²) in [5.74, 6) is 1.52. The number of rotatable bonds is 2. The lowest BCUT2D eigenvalue weighted by atomic mass is 9.93. The van der Waals surface area contributed by atoms with Crippen molar-refractivity contribution in [3.8, 4) is 0 Å². The predicted octanol–water partition coefficient (Wildman–Crippen LogP) is 4.30. The molecule has 0 atom stereocenters. The second-order valence-electron chi connectivity index (χ2n) is 6.56. The quantitative estimate of drug-likeness (QED) is 0.553. The highest BCUT2D eigenvalue weighted by Gasteiger charge is 2.25. The van der Waals surface area contributed by atoms with Gasteiger partial charge in [-0.15, -0.1) is 0 Å². The maximum Gasteiger partial charge on any atom is 0.147 e. The number of benzene rings is 2. The molecule has 2 aromatic heterocycles. The first-order valence-electron chi connectivity index (χ1n) is 8.55. The van der Waals surface area contributed by atoms with Crippen LogP contribution in [0.2, 0.25) is 0 Å². The van der Waals surface area contributed by atoms with Crippen LogP contribution in [0.25, 0.3) is 21.7 Å². The highest BCUT2D eigenvalue weighted by molar-refractivity contribution is 5.82. The molecule has 2 aromatic carbocycles. The van der Waals surface area contributed by atoms with Gasteiger partial charge >= 0.3 is 0 Å². The average molecular weight is 317 g/mol. The van der Waals surface area contributed by atoms with Gasteiger partial charge in [-0.25, -0.2) is 0 Å². The summed E-state index contributed by atoms with van der Waals surface area (Å²) in [6.45, 7) is 2.06. The number of fused-ring (bicyclic) bond motifs is 2. The van der Waals surface area contributed by atoms with Crippen molar-refractivity contribution < 1.29 is 4.52 Å². The van der Waals surface area contributed by atoms with E-state index in [-0.39, 0.29) is 0 Å². The molecule has 0 aliphatic carbocycles. The van der Waals surface area contributed by atoms with Crippen molar-refractivity contribution >= 4 is 21.7 Å². The Kier molecular flexibility index (Phi) is 3.08. The molecular formula is C20H19N3O. The number of nitrogens with zero attached hydrogens (tertiary/aromatic N) is 3. The van der Waals surface area contributed by atoms with E-state index in [1.165, 1.54) is 16.2 Å². The smallest absolute Gasteiger partial charge is 0.147 e. The van der Waals surface area contributed by atoms with Crippen molar-refractivity contribution in [3.63, 3.8) is 0 Å². The normalized spacial score (nSPS) is 16.2. The molecule has 0 unspecified atom stereocenters. The zero-order chi connectivity index (χ0) is 15.9. The Balaban J connectivity index is 1.37. The van der Waals surface area contributed by atoms with E-state index in [1.807, 2.05) is 12.1 Å². The SMILES string of the molecule is c1ccc2cn(N3CCC(c4onc5ccccc45)CC3)cc2c1. The Labute approximate surface area is 140 Å². The van der Waals surface area contributed by atoms with Gasteiger partial charge in [0.05, 0.1) is 0 Å². The molecule has 0 saturated carbocycles. The van der Waals surface area contributed by atoms with Gasteiger partial charge in [-0.2, -0.15) is 0 Å². The Hall–Kier alpha value is -2.75. The lowest BCUT2D eigenvalue weighted by molar-refractivity contribution is 0.330. The highest BCUT2D eigenvalue weighted by atomic mass is 16.5. The Morgan fingerprint density at radius 1 is 0.875 bits per heavy atom. The Bertz CT molecular complexity index is 959. The number of aromatic nitrogens is 2. The fourth-order valence-corrected chi connectivity index (χ4v) is 3.79. The largest absolute Gasteiger partial charge is 0.360 e. The number of hydrogen-bond acceptors (Lipinski definition) is 3. The molecule has 0 radical (unpaired) electrons. The summed E-state index contributed by atoms with van der Waals surface area (Å²) in [6, 6.07) is 16.7. The minimum Gasteiger partial charge on any atom is -0.360 e.